The molecular weight excluding hydrogens is 254 g/mol. The van der Waals surface area contributed by atoms with E-state index < -0.39 is 5.91 Å². The van der Waals surface area contributed by atoms with Crippen molar-refractivity contribution in [3.8, 4) is 0 Å². The van der Waals surface area contributed by atoms with Crippen LogP contribution in [0.5, 0.6) is 0 Å². The van der Waals surface area contributed by atoms with Crippen LogP contribution < -0.4 is 11.1 Å². The molecule has 1 fully saturated rings. The Balaban J connectivity index is 2.02. The van der Waals surface area contributed by atoms with Crippen LogP contribution in [0.1, 0.15) is 40.0 Å². The molecule has 20 heavy (non-hydrogen) atoms. The summed E-state index contributed by atoms with van der Waals surface area (Å²) in [5, 5.41) is 3.08. The molecule has 2 amide bonds. The standard InChI is InChI=1S/C15H21N3O2/c1-18(2)13-5-3-4-12(13)17-15(20)11-8-6-10(7-9-11)14(16)19/h6-9,12-13H,3-5H2,1-2H3,(H2,16,19)(H,17,20)/t12-,13-/m1/s1. The third-order valence-electron chi connectivity index (χ3n) is 3.89. The largest absolute Gasteiger partial charge is 0.366 e. The highest BCUT2D eigenvalue weighted by Gasteiger charge is 2.30. The van der Waals surface area contributed by atoms with Crippen molar-refractivity contribution < 1.29 is 9.59 Å². The van der Waals surface area contributed by atoms with Gasteiger partial charge in [-0.05, 0) is 57.6 Å². The molecule has 0 bridgehead atoms. The first-order valence-electron chi connectivity index (χ1n) is 6.86. The molecule has 2 atom stereocenters. The molecule has 5 heteroatoms. The van der Waals surface area contributed by atoms with Gasteiger partial charge < -0.3 is 16.0 Å². The number of primary amides is 1. The fourth-order valence-electron chi connectivity index (χ4n) is 2.76. The highest BCUT2D eigenvalue weighted by Crippen LogP contribution is 2.22. The van der Waals surface area contributed by atoms with Gasteiger partial charge in [-0.2, -0.15) is 0 Å². The quantitative estimate of drug-likeness (QED) is 0.860. The topological polar surface area (TPSA) is 75.4 Å². The van der Waals surface area contributed by atoms with E-state index in [2.05, 4.69) is 10.2 Å². The minimum Gasteiger partial charge on any atom is -0.366 e. The number of nitrogens with zero attached hydrogens (tertiary/aromatic N) is 1. The first kappa shape index (κ1) is 14.5. The summed E-state index contributed by atoms with van der Waals surface area (Å²) < 4.78 is 0. The van der Waals surface area contributed by atoms with Crippen LogP contribution in [0.25, 0.3) is 0 Å². The Morgan fingerprint density at radius 1 is 1.15 bits per heavy atom. The summed E-state index contributed by atoms with van der Waals surface area (Å²) in [5.41, 5.74) is 6.14. The van der Waals surface area contributed by atoms with E-state index in [1.165, 1.54) is 0 Å². The van der Waals surface area contributed by atoms with Gasteiger partial charge in [-0.25, -0.2) is 0 Å². The van der Waals surface area contributed by atoms with Crippen molar-refractivity contribution in [3.05, 3.63) is 35.4 Å². The Hall–Kier alpha value is -1.88. The maximum atomic E-state index is 12.2. The van der Waals surface area contributed by atoms with Gasteiger partial charge in [-0.1, -0.05) is 0 Å². The summed E-state index contributed by atoms with van der Waals surface area (Å²) in [6.45, 7) is 0. The number of hydrogen-bond donors (Lipinski definition) is 2. The number of nitrogens with one attached hydrogen (secondary N) is 1. The summed E-state index contributed by atoms with van der Waals surface area (Å²) in [5.74, 6) is -0.583. The lowest BCUT2D eigenvalue weighted by Gasteiger charge is -2.26. The number of rotatable bonds is 4. The zero-order valence-corrected chi connectivity index (χ0v) is 11.9. The number of likely N-dealkylation sites (N-methyl/N-ethyl adjacent to an activating group) is 1. The average Bonchev–Trinajstić information content (AvgIpc) is 2.87. The molecule has 108 valence electrons. The van der Waals surface area contributed by atoms with Crippen LogP contribution in [0.4, 0.5) is 0 Å². The Morgan fingerprint density at radius 3 is 2.30 bits per heavy atom. The van der Waals surface area contributed by atoms with Gasteiger partial charge in [0.15, 0.2) is 0 Å². The van der Waals surface area contributed by atoms with Gasteiger partial charge in [0.25, 0.3) is 5.91 Å². The van der Waals surface area contributed by atoms with Crippen molar-refractivity contribution in [2.45, 2.75) is 31.3 Å². The molecule has 0 radical (unpaired) electrons. The van der Waals surface area contributed by atoms with E-state index >= 15 is 0 Å². The minimum atomic E-state index is -0.486. The van der Waals surface area contributed by atoms with Gasteiger partial charge in [-0.3, -0.25) is 9.59 Å². The Bertz CT molecular complexity index is 496. The monoisotopic (exact) mass is 275 g/mol. The number of amides is 2. The maximum Gasteiger partial charge on any atom is 0.251 e. The molecule has 0 heterocycles. The van der Waals surface area contributed by atoms with E-state index in [-0.39, 0.29) is 11.9 Å². The van der Waals surface area contributed by atoms with E-state index in [1.54, 1.807) is 24.3 Å². The van der Waals surface area contributed by atoms with Crippen LogP contribution in [0, 0.1) is 0 Å². The lowest BCUT2D eigenvalue weighted by atomic mass is 10.1. The zero-order chi connectivity index (χ0) is 14.7. The summed E-state index contributed by atoms with van der Waals surface area (Å²) >= 11 is 0. The second-order valence-electron chi connectivity index (χ2n) is 5.48. The third-order valence-corrected chi connectivity index (χ3v) is 3.89. The molecule has 0 saturated heterocycles. The molecule has 1 aromatic rings. The number of nitrogens with two attached hydrogens (primary N) is 1. The van der Waals surface area contributed by atoms with Gasteiger partial charge in [0.2, 0.25) is 5.91 Å². The van der Waals surface area contributed by atoms with Crippen LogP contribution in [-0.4, -0.2) is 42.9 Å². The molecule has 1 aliphatic rings. The molecule has 0 spiro atoms. The van der Waals surface area contributed by atoms with Crippen molar-refractivity contribution in [3.63, 3.8) is 0 Å². The van der Waals surface area contributed by atoms with Crippen LogP contribution in [-0.2, 0) is 0 Å². The van der Waals surface area contributed by atoms with Crippen LogP contribution in [0.15, 0.2) is 24.3 Å². The predicted molar refractivity (Wildman–Crippen MR) is 77.5 cm³/mol. The minimum absolute atomic E-state index is 0.0974. The summed E-state index contributed by atoms with van der Waals surface area (Å²) in [6.07, 6.45) is 3.25. The van der Waals surface area contributed by atoms with E-state index in [0.717, 1.165) is 19.3 Å². The number of carbonyl (C=O) groups excluding carboxylic acids is 2. The molecule has 1 aromatic carbocycles. The molecular formula is C15H21N3O2. The fraction of sp³-hybridized carbons (Fsp3) is 0.467. The Morgan fingerprint density at radius 2 is 1.75 bits per heavy atom. The molecule has 5 nitrogen and oxygen atoms in total. The van der Waals surface area contributed by atoms with Crippen molar-refractivity contribution >= 4 is 11.8 Å². The molecule has 3 N–H and O–H groups in total. The second-order valence-corrected chi connectivity index (χ2v) is 5.48. The van der Waals surface area contributed by atoms with Gasteiger partial charge in [-0.15, -0.1) is 0 Å². The van der Waals surface area contributed by atoms with Gasteiger partial charge in [0, 0.05) is 23.2 Å². The number of hydrogen-bond acceptors (Lipinski definition) is 3. The maximum absolute atomic E-state index is 12.2. The van der Waals surface area contributed by atoms with Gasteiger partial charge in [0.1, 0.15) is 0 Å². The number of carbonyl (C=O) groups is 2. The lowest BCUT2D eigenvalue weighted by Crippen LogP contribution is -2.46. The fourth-order valence-corrected chi connectivity index (χ4v) is 2.76. The first-order chi connectivity index (χ1) is 9.49. The highest BCUT2D eigenvalue weighted by atomic mass is 16.2. The molecule has 1 saturated carbocycles. The van der Waals surface area contributed by atoms with E-state index in [1.807, 2.05) is 14.1 Å². The van der Waals surface area contributed by atoms with Crippen LogP contribution >= 0.6 is 0 Å². The van der Waals surface area contributed by atoms with Crippen molar-refractivity contribution in [1.29, 1.82) is 0 Å². The molecule has 2 rings (SSSR count). The molecule has 0 aromatic heterocycles. The molecule has 0 unspecified atom stereocenters. The summed E-state index contributed by atoms with van der Waals surface area (Å²) in [4.78, 5) is 25.4. The molecule has 0 aliphatic heterocycles. The third kappa shape index (κ3) is 3.17. The van der Waals surface area contributed by atoms with Crippen LogP contribution in [0.2, 0.25) is 0 Å². The smallest absolute Gasteiger partial charge is 0.251 e. The summed E-state index contributed by atoms with van der Waals surface area (Å²) in [6, 6.07) is 7.01. The van der Waals surface area contributed by atoms with E-state index in [0.29, 0.717) is 17.2 Å². The van der Waals surface area contributed by atoms with Crippen molar-refractivity contribution in [1.82, 2.24) is 10.2 Å². The van der Waals surface area contributed by atoms with E-state index in [9.17, 15) is 9.59 Å². The Labute approximate surface area is 119 Å². The SMILES string of the molecule is CN(C)[C@@H]1CCC[C@H]1NC(=O)c1ccc(C(N)=O)cc1. The predicted octanol–water partition coefficient (Wildman–Crippen LogP) is 0.998. The van der Waals surface area contributed by atoms with Crippen LogP contribution in [0.3, 0.4) is 0 Å². The zero-order valence-electron chi connectivity index (χ0n) is 11.9. The second kappa shape index (κ2) is 6.05. The lowest BCUT2D eigenvalue weighted by molar-refractivity contribution is 0.0917. The first-order valence-corrected chi connectivity index (χ1v) is 6.86. The normalized spacial score (nSPS) is 21.9. The average molecular weight is 275 g/mol. The van der Waals surface area contributed by atoms with Crippen molar-refractivity contribution in [2.75, 3.05) is 14.1 Å². The van der Waals surface area contributed by atoms with E-state index in [4.69, 9.17) is 5.73 Å². The van der Waals surface area contributed by atoms with Gasteiger partial charge in [0.05, 0.1) is 0 Å². The highest BCUT2D eigenvalue weighted by molar-refractivity contribution is 5.97. The van der Waals surface area contributed by atoms with Gasteiger partial charge >= 0.3 is 0 Å². The Kier molecular flexibility index (Phi) is 4.39. The molecule has 1 aliphatic carbocycles. The van der Waals surface area contributed by atoms with Crippen molar-refractivity contribution in [2.24, 2.45) is 5.73 Å². The summed E-state index contributed by atoms with van der Waals surface area (Å²) in [7, 11) is 4.08. The number of benzene rings is 1.